The Balaban J connectivity index is 1.49. The number of pyridine rings is 1. The van der Waals surface area contributed by atoms with Gasteiger partial charge in [-0.25, -0.2) is 0 Å². The average molecular weight is 334 g/mol. The standard InChI is InChI=1S/C20H22N4O/c1-15-6-7-18(12-22-15)20(25)23-11-16-8-9-24(13-16)14-19-5-3-2-4-17(19)10-21/h2-7,12,16H,8-9,11,13-14H2,1H3,(H,23,25). The topological polar surface area (TPSA) is 69.0 Å². The summed E-state index contributed by atoms with van der Waals surface area (Å²) in [7, 11) is 0. The molecule has 1 atom stereocenters. The van der Waals surface area contributed by atoms with Gasteiger partial charge >= 0.3 is 0 Å². The van der Waals surface area contributed by atoms with Crippen molar-refractivity contribution >= 4 is 5.91 Å². The average Bonchev–Trinajstić information content (AvgIpc) is 3.08. The number of nitriles is 1. The van der Waals surface area contributed by atoms with Gasteiger partial charge in [-0.05, 0) is 49.6 Å². The third kappa shape index (κ3) is 4.43. The van der Waals surface area contributed by atoms with E-state index in [1.54, 1.807) is 12.3 Å². The molecule has 2 heterocycles. The summed E-state index contributed by atoms with van der Waals surface area (Å²) in [6.07, 6.45) is 2.67. The number of nitrogens with one attached hydrogen (secondary N) is 1. The zero-order valence-corrected chi connectivity index (χ0v) is 14.4. The number of rotatable bonds is 5. The minimum Gasteiger partial charge on any atom is -0.352 e. The Labute approximate surface area is 148 Å². The lowest BCUT2D eigenvalue weighted by Crippen LogP contribution is -2.31. The van der Waals surface area contributed by atoms with Crippen molar-refractivity contribution in [2.75, 3.05) is 19.6 Å². The van der Waals surface area contributed by atoms with Gasteiger partial charge in [-0.3, -0.25) is 14.7 Å². The lowest BCUT2D eigenvalue weighted by atomic mass is 10.1. The number of carbonyl (C=O) groups is 1. The van der Waals surface area contributed by atoms with E-state index in [2.05, 4.69) is 21.3 Å². The summed E-state index contributed by atoms with van der Waals surface area (Å²) in [6, 6.07) is 13.6. The summed E-state index contributed by atoms with van der Waals surface area (Å²) in [4.78, 5) is 18.7. The number of likely N-dealkylation sites (tertiary alicyclic amines) is 1. The molecule has 5 heteroatoms. The van der Waals surface area contributed by atoms with E-state index in [0.29, 0.717) is 18.0 Å². The van der Waals surface area contributed by atoms with Crippen LogP contribution in [-0.4, -0.2) is 35.4 Å². The molecule has 0 saturated carbocycles. The molecule has 1 N–H and O–H groups in total. The summed E-state index contributed by atoms with van der Waals surface area (Å²) in [5.41, 5.74) is 3.32. The van der Waals surface area contributed by atoms with E-state index in [9.17, 15) is 10.1 Å². The number of benzene rings is 1. The van der Waals surface area contributed by atoms with E-state index in [0.717, 1.165) is 42.9 Å². The minimum absolute atomic E-state index is 0.0687. The van der Waals surface area contributed by atoms with Crippen molar-refractivity contribution in [3.8, 4) is 6.07 Å². The molecule has 2 aromatic rings. The molecule has 0 radical (unpaired) electrons. The molecule has 1 aromatic carbocycles. The fourth-order valence-corrected chi connectivity index (χ4v) is 3.17. The summed E-state index contributed by atoms with van der Waals surface area (Å²) < 4.78 is 0. The molecule has 1 unspecified atom stereocenters. The summed E-state index contributed by atoms with van der Waals surface area (Å²) in [5, 5.41) is 12.2. The number of amides is 1. The SMILES string of the molecule is Cc1ccc(C(=O)NCC2CCN(Cc3ccccc3C#N)C2)cn1. The van der Waals surface area contributed by atoms with Crippen molar-refractivity contribution in [3.05, 3.63) is 65.0 Å². The predicted octanol–water partition coefficient (Wildman–Crippen LogP) is 2.51. The Bertz CT molecular complexity index is 779. The second-order valence-electron chi connectivity index (χ2n) is 6.56. The van der Waals surface area contributed by atoms with Crippen molar-refractivity contribution in [1.82, 2.24) is 15.2 Å². The molecule has 5 nitrogen and oxygen atoms in total. The Hall–Kier alpha value is -2.71. The smallest absolute Gasteiger partial charge is 0.252 e. The van der Waals surface area contributed by atoms with Crippen LogP contribution in [0.1, 0.15) is 33.6 Å². The Morgan fingerprint density at radius 2 is 2.20 bits per heavy atom. The van der Waals surface area contributed by atoms with Crippen molar-refractivity contribution in [2.24, 2.45) is 5.92 Å². The van der Waals surface area contributed by atoms with Crippen molar-refractivity contribution in [1.29, 1.82) is 5.26 Å². The number of aromatic nitrogens is 1. The first kappa shape index (κ1) is 17.1. The Kier molecular flexibility index (Phi) is 5.42. The van der Waals surface area contributed by atoms with Gasteiger partial charge in [0, 0.05) is 31.5 Å². The summed E-state index contributed by atoms with van der Waals surface area (Å²) in [6.45, 7) is 5.29. The van der Waals surface area contributed by atoms with Crippen LogP contribution in [0.15, 0.2) is 42.6 Å². The number of hydrogen-bond acceptors (Lipinski definition) is 4. The lowest BCUT2D eigenvalue weighted by Gasteiger charge is -2.17. The largest absolute Gasteiger partial charge is 0.352 e. The maximum atomic E-state index is 12.2. The van der Waals surface area contributed by atoms with Crippen LogP contribution in [0.5, 0.6) is 0 Å². The lowest BCUT2D eigenvalue weighted by molar-refractivity contribution is 0.0947. The van der Waals surface area contributed by atoms with Gasteiger partial charge < -0.3 is 5.32 Å². The van der Waals surface area contributed by atoms with E-state index in [1.165, 1.54) is 0 Å². The predicted molar refractivity (Wildman–Crippen MR) is 95.8 cm³/mol. The van der Waals surface area contributed by atoms with Crippen LogP contribution in [0.25, 0.3) is 0 Å². The summed E-state index contributed by atoms with van der Waals surface area (Å²) >= 11 is 0. The molecular formula is C20H22N4O. The van der Waals surface area contributed by atoms with Gasteiger partial charge in [-0.2, -0.15) is 5.26 Å². The third-order valence-corrected chi connectivity index (χ3v) is 4.63. The van der Waals surface area contributed by atoms with Gasteiger partial charge in [0.2, 0.25) is 0 Å². The molecule has 1 aliphatic heterocycles. The van der Waals surface area contributed by atoms with Gasteiger partial charge in [-0.15, -0.1) is 0 Å². The fourth-order valence-electron chi connectivity index (χ4n) is 3.17. The van der Waals surface area contributed by atoms with Gasteiger partial charge in [0.15, 0.2) is 0 Å². The monoisotopic (exact) mass is 334 g/mol. The fraction of sp³-hybridized carbons (Fsp3) is 0.350. The van der Waals surface area contributed by atoms with Gasteiger partial charge in [0.25, 0.3) is 5.91 Å². The van der Waals surface area contributed by atoms with Crippen LogP contribution < -0.4 is 5.32 Å². The number of carbonyl (C=O) groups excluding carboxylic acids is 1. The first-order valence-corrected chi connectivity index (χ1v) is 8.57. The van der Waals surface area contributed by atoms with E-state index in [4.69, 9.17) is 0 Å². The maximum absolute atomic E-state index is 12.2. The molecule has 1 amide bonds. The molecule has 25 heavy (non-hydrogen) atoms. The number of hydrogen-bond donors (Lipinski definition) is 1. The van der Waals surface area contributed by atoms with Crippen LogP contribution in [0, 0.1) is 24.2 Å². The molecule has 1 aliphatic rings. The molecule has 3 rings (SSSR count). The molecular weight excluding hydrogens is 312 g/mol. The molecule has 0 bridgehead atoms. The molecule has 1 saturated heterocycles. The van der Waals surface area contributed by atoms with Crippen LogP contribution in [0.4, 0.5) is 0 Å². The zero-order valence-electron chi connectivity index (χ0n) is 14.4. The van der Waals surface area contributed by atoms with E-state index < -0.39 is 0 Å². The van der Waals surface area contributed by atoms with E-state index >= 15 is 0 Å². The molecule has 1 aromatic heterocycles. The maximum Gasteiger partial charge on any atom is 0.252 e. The third-order valence-electron chi connectivity index (χ3n) is 4.63. The van der Waals surface area contributed by atoms with E-state index in [-0.39, 0.29) is 5.91 Å². The van der Waals surface area contributed by atoms with E-state index in [1.807, 2.05) is 37.3 Å². The normalized spacial score (nSPS) is 17.2. The Morgan fingerprint density at radius 1 is 1.36 bits per heavy atom. The second kappa shape index (κ2) is 7.91. The first-order chi connectivity index (χ1) is 12.2. The Morgan fingerprint density at radius 3 is 2.96 bits per heavy atom. The van der Waals surface area contributed by atoms with Crippen LogP contribution in [-0.2, 0) is 6.54 Å². The van der Waals surface area contributed by atoms with Crippen LogP contribution in [0.2, 0.25) is 0 Å². The molecule has 1 fully saturated rings. The second-order valence-corrected chi connectivity index (χ2v) is 6.56. The number of aryl methyl sites for hydroxylation is 1. The van der Waals surface area contributed by atoms with Crippen molar-refractivity contribution < 1.29 is 4.79 Å². The van der Waals surface area contributed by atoms with Gasteiger partial charge in [-0.1, -0.05) is 18.2 Å². The van der Waals surface area contributed by atoms with Gasteiger partial charge in [0.1, 0.15) is 0 Å². The highest BCUT2D eigenvalue weighted by Crippen LogP contribution is 2.19. The van der Waals surface area contributed by atoms with Crippen molar-refractivity contribution in [3.63, 3.8) is 0 Å². The van der Waals surface area contributed by atoms with Crippen molar-refractivity contribution in [2.45, 2.75) is 19.9 Å². The molecule has 0 aliphatic carbocycles. The van der Waals surface area contributed by atoms with Crippen LogP contribution >= 0.6 is 0 Å². The van der Waals surface area contributed by atoms with Crippen LogP contribution in [0.3, 0.4) is 0 Å². The zero-order chi connectivity index (χ0) is 17.6. The first-order valence-electron chi connectivity index (χ1n) is 8.57. The molecule has 128 valence electrons. The summed E-state index contributed by atoms with van der Waals surface area (Å²) in [5.74, 6) is 0.373. The highest BCUT2D eigenvalue weighted by Gasteiger charge is 2.23. The molecule has 0 spiro atoms. The minimum atomic E-state index is -0.0687. The highest BCUT2D eigenvalue weighted by molar-refractivity contribution is 5.93. The van der Waals surface area contributed by atoms with Gasteiger partial charge in [0.05, 0.1) is 17.2 Å². The number of nitrogens with zero attached hydrogens (tertiary/aromatic N) is 3. The highest BCUT2D eigenvalue weighted by atomic mass is 16.1. The quantitative estimate of drug-likeness (QED) is 0.912.